The highest BCUT2D eigenvalue weighted by atomic mass is 32.1. The maximum Gasteiger partial charge on any atom is 0.373 e. The number of furan rings is 1. The van der Waals surface area contributed by atoms with Crippen molar-refractivity contribution in [2.45, 2.75) is 6.61 Å². The summed E-state index contributed by atoms with van der Waals surface area (Å²) in [6.45, 7) is 0.129. The van der Waals surface area contributed by atoms with Crippen LogP contribution in [0.4, 0.5) is 0 Å². The summed E-state index contributed by atoms with van der Waals surface area (Å²) in [5.74, 6) is 1.08. The summed E-state index contributed by atoms with van der Waals surface area (Å²) >= 11 is 4.66. The van der Waals surface area contributed by atoms with Crippen molar-refractivity contribution in [1.29, 1.82) is 0 Å². The fourth-order valence-electron chi connectivity index (χ4n) is 1.87. The molecule has 0 bridgehead atoms. The highest BCUT2D eigenvalue weighted by Gasteiger charge is 2.12. The van der Waals surface area contributed by atoms with Gasteiger partial charge in [-0.25, -0.2) is 4.79 Å². The van der Waals surface area contributed by atoms with Gasteiger partial charge in [-0.2, -0.15) is 5.10 Å². The standard InChI is InChI=1S/C16H17N3O5S/c1-21-14-7-10(8-18-19-16(17)25)3-5-12(14)23-9-11-4-6-13(24-11)15(20)22-2/h3-8H,9H2,1-2H3,(H3,17,19,25)/b18-8-. The first-order chi connectivity index (χ1) is 12.0. The molecule has 132 valence electrons. The number of thiocarbonyl (C=S) groups is 1. The van der Waals surface area contributed by atoms with Crippen LogP contribution in [-0.2, 0) is 11.3 Å². The lowest BCUT2D eigenvalue weighted by molar-refractivity contribution is 0.0561. The van der Waals surface area contributed by atoms with Crippen LogP contribution in [0.2, 0.25) is 0 Å². The number of nitrogens with two attached hydrogens (primary N) is 1. The van der Waals surface area contributed by atoms with E-state index >= 15 is 0 Å². The third-order valence-electron chi connectivity index (χ3n) is 2.99. The van der Waals surface area contributed by atoms with Crippen LogP contribution in [0.5, 0.6) is 11.5 Å². The Morgan fingerprint density at radius 1 is 1.32 bits per heavy atom. The number of nitrogens with zero attached hydrogens (tertiary/aromatic N) is 1. The molecule has 0 aliphatic rings. The van der Waals surface area contributed by atoms with Crippen molar-refractivity contribution in [3.63, 3.8) is 0 Å². The van der Waals surface area contributed by atoms with Gasteiger partial charge in [-0.3, -0.25) is 5.43 Å². The van der Waals surface area contributed by atoms with E-state index < -0.39 is 5.97 Å². The van der Waals surface area contributed by atoms with E-state index in [0.29, 0.717) is 17.3 Å². The van der Waals surface area contributed by atoms with Gasteiger partial charge in [-0.1, -0.05) is 0 Å². The molecule has 1 aromatic heterocycles. The third-order valence-corrected chi connectivity index (χ3v) is 3.09. The predicted molar refractivity (Wildman–Crippen MR) is 94.9 cm³/mol. The molecule has 0 spiro atoms. The lowest BCUT2D eigenvalue weighted by Crippen LogP contribution is -2.23. The van der Waals surface area contributed by atoms with Crippen LogP contribution in [-0.4, -0.2) is 31.5 Å². The summed E-state index contributed by atoms with van der Waals surface area (Å²) in [5, 5.41) is 3.95. The SMILES string of the molecule is COC(=O)c1ccc(COc2ccc(/C=N\NC(N)=S)cc2OC)o1. The van der Waals surface area contributed by atoms with Crippen molar-refractivity contribution in [3.8, 4) is 11.5 Å². The van der Waals surface area contributed by atoms with Crippen molar-refractivity contribution in [2.75, 3.05) is 14.2 Å². The number of ether oxygens (including phenoxy) is 3. The van der Waals surface area contributed by atoms with Crippen LogP contribution in [0, 0.1) is 0 Å². The molecule has 0 atom stereocenters. The normalized spacial score (nSPS) is 10.5. The summed E-state index contributed by atoms with van der Waals surface area (Å²) in [6.07, 6.45) is 1.54. The van der Waals surface area contributed by atoms with E-state index in [1.807, 2.05) is 0 Å². The van der Waals surface area contributed by atoms with Crippen molar-refractivity contribution >= 4 is 29.5 Å². The average Bonchev–Trinajstić information content (AvgIpc) is 3.08. The van der Waals surface area contributed by atoms with Gasteiger partial charge in [0.1, 0.15) is 12.4 Å². The molecule has 0 fully saturated rings. The topological polar surface area (TPSA) is 108 Å². The molecular formula is C16H17N3O5S. The fraction of sp³-hybridized carbons (Fsp3) is 0.188. The van der Waals surface area contributed by atoms with Crippen LogP contribution in [0.1, 0.15) is 21.9 Å². The Morgan fingerprint density at radius 3 is 2.80 bits per heavy atom. The molecule has 8 nitrogen and oxygen atoms in total. The molecule has 0 saturated heterocycles. The molecule has 1 heterocycles. The molecule has 0 aliphatic heterocycles. The van der Waals surface area contributed by atoms with Gasteiger partial charge in [0.2, 0.25) is 5.76 Å². The number of hydrogen-bond donors (Lipinski definition) is 2. The highest BCUT2D eigenvalue weighted by Crippen LogP contribution is 2.28. The molecule has 0 amide bonds. The van der Waals surface area contributed by atoms with E-state index in [4.69, 9.17) is 19.6 Å². The third kappa shape index (κ3) is 5.21. The van der Waals surface area contributed by atoms with Gasteiger partial charge >= 0.3 is 5.97 Å². The number of methoxy groups -OCH3 is 2. The molecule has 25 heavy (non-hydrogen) atoms. The summed E-state index contributed by atoms with van der Waals surface area (Å²) in [6, 6.07) is 8.41. The van der Waals surface area contributed by atoms with E-state index in [1.165, 1.54) is 20.3 Å². The molecule has 0 saturated carbocycles. The molecule has 2 rings (SSSR count). The minimum atomic E-state index is -0.543. The minimum absolute atomic E-state index is 0.0768. The zero-order chi connectivity index (χ0) is 18.2. The Labute approximate surface area is 149 Å². The van der Waals surface area contributed by atoms with Crippen LogP contribution in [0.25, 0.3) is 0 Å². The second kappa shape index (κ2) is 8.69. The number of hydrazone groups is 1. The van der Waals surface area contributed by atoms with Crippen molar-refractivity contribution in [1.82, 2.24) is 5.43 Å². The largest absolute Gasteiger partial charge is 0.493 e. The number of nitrogens with one attached hydrogen (secondary N) is 1. The van der Waals surface area contributed by atoms with E-state index in [9.17, 15) is 4.79 Å². The smallest absolute Gasteiger partial charge is 0.373 e. The highest BCUT2D eigenvalue weighted by molar-refractivity contribution is 7.80. The van der Waals surface area contributed by atoms with Crippen LogP contribution in [0.3, 0.4) is 0 Å². The number of esters is 1. The van der Waals surface area contributed by atoms with E-state index in [-0.39, 0.29) is 17.5 Å². The second-order valence-electron chi connectivity index (χ2n) is 4.69. The zero-order valence-electron chi connectivity index (χ0n) is 13.6. The fourth-order valence-corrected chi connectivity index (χ4v) is 1.92. The van der Waals surface area contributed by atoms with E-state index in [1.54, 1.807) is 30.5 Å². The van der Waals surface area contributed by atoms with Gasteiger partial charge in [-0.15, -0.1) is 0 Å². The van der Waals surface area contributed by atoms with Crippen molar-refractivity contribution < 1.29 is 23.4 Å². The molecular weight excluding hydrogens is 346 g/mol. The van der Waals surface area contributed by atoms with Crippen LogP contribution < -0.4 is 20.6 Å². The molecule has 0 unspecified atom stereocenters. The Kier molecular flexibility index (Phi) is 6.35. The van der Waals surface area contributed by atoms with Gasteiger partial charge in [-0.05, 0) is 48.1 Å². The number of carbonyl (C=O) groups excluding carboxylic acids is 1. The first-order valence-electron chi connectivity index (χ1n) is 7.10. The summed E-state index contributed by atoms with van der Waals surface area (Å²) < 4.78 is 20.9. The maximum atomic E-state index is 11.4. The number of benzene rings is 1. The van der Waals surface area contributed by atoms with Crippen LogP contribution in [0.15, 0.2) is 39.9 Å². The van der Waals surface area contributed by atoms with Gasteiger partial charge in [0.15, 0.2) is 16.6 Å². The van der Waals surface area contributed by atoms with E-state index in [0.717, 1.165) is 5.56 Å². The summed E-state index contributed by atoms with van der Waals surface area (Å²) in [5.41, 5.74) is 8.51. The predicted octanol–water partition coefficient (Wildman–Crippen LogP) is 1.82. The molecule has 0 aliphatic carbocycles. The number of carbonyl (C=O) groups is 1. The Balaban J connectivity index is 2.04. The Morgan fingerprint density at radius 2 is 2.12 bits per heavy atom. The quantitative estimate of drug-likeness (QED) is 0.332. The first kappa shape index (κ1) is 18.3. The lowest BCUT2D eigenvalue weighted by atomic mass is 10.2. The second-order valence-corrected chi connectivity index (χ2v) is 5.13. The molecule has 0 radical (unpaired) electrons. The van der Waals surface area contributed by atoms with Gasteiger partial charge in [0.25, 0.3) is 0 Å². The van der Waals surface area contributed by atoms with E-state index in [2.05, 4.69) is 27.5 Å². The maximum absolute atomic E-state index is 11.4. The van der Waals surface area contributed by atoms with Gasteiger partial charge < -0.3 is 24.4 Å². The summed E-state index contributed by atoms with van der Waals surface area (Å²) in [4.78, 5) is 11.4. The number of hydrogen-bond acceptors (Lipinski definition) is 7. The molecule has 9 heteroatoms. The van der Waals surface area contributed by atoms with Crippen LogP contribution >= 0.6 is 12.2 Å². The first-order valence-corrected chi connectivity index (χ1v) is 7.50. The molecule has 2 aromatic rings. The lowest BCUT2D eigenvalue weighted by Gasteiger charge is -2.10. The van der Waals surface area contributed by atoms with Gasteiger partial charge in [0.05, 0.1) is 20.4 Å². The summed E-state index contributed by atoms with van der Waals surface area (Å²) in [7, 11) is 2.81. The van der Waals surface area contributed by atoms with Crippen molar-refractivity contribution in [2.24, 2.45) is 10.8 Å². The molecule has 3 N–H and O–H groups in total. The Hall–Kier alpha value is -3.07. The minimum Gasteiger partial charge on any atom is -0.493 e. The zero-order valence-corrected chi connectivity index (χ0v) is 14.5. The monoisotopic (exact) mass is 363 g/mol. The molecule has 1 aromatic carbocycles. The van der Waals surface area contributed by atoms with Crippen molar-refractivity contribution in [3.05, 3.63) is 47.4 Å². The Bertz CT molecular complexity index is 788. The van der Waals surface area contributed by atoms with Gasteiger partial charge in [0, 0.05) is 0 Å². The number of rotatable bonds is 7. The average molecular weight is 363 g/mol.